The highest BCUT2D eigenvalue weighted by molar-refractivity contribution is 5.97. The Morgan fingerprint density at radius 3 is 2.65 bits per heavy atom. The highest BCUT2D eigenvalue weighted by atomic mass is 16.2. The lowest BCUT2D eigenvalue weighted by Gasteiger charge is -2.35. The number of benzene rings is 1. The maximum atomic E-state index is 12.9. The van der Waals surface area contributed by atoms with Crippen LogP contribution in [0.4, 0.5) is 5.82 Å². The molecule has 1 fully saturated rings. The van der Waals surface area contributed by atoms with E-state index >= 15 is 0 Å². The highest BCUT2D eigenvalue weighted by Crippen LogP contribution is 2.19. The molecule has 6 heteroatoms. The molecule has 1 amide bonds. The molecule has 1 saturated heterocycles. The van der Waals surface area contributed by atoms with Crippen LogP contribution in [0.1, 0.15) is 23.7 Å². The lowest BCUT2D eigenvalue weighted by atomic mass is 10.1. The zero-order valence-corrected chi connectivity index (χ0v) is 15.0. The number of pyridine rings is 1. The van der Waals surface area contributed by atoms with E-state index < -0.39 is 0 Å². The smallest absolute Gasteiger partial charge is 0.254 e. The number of aryl methyl sites for hydroxylation is 1. The molecule has 0 saturated carbocycles. The Morgan fingerprint density at radius 1 is 1.08 bits per heavy atom. The molecule has 26 heavy (non-hydrogen) atoms. The first kappa shape index (κ1) is 16.6. The summed E-state index contributed by atoms with van der Waals surface area (Å²) >= 11 is 0. The second kappa shape index (κ2) is 7.15. The Labute approximate surface area is 153 Å². The van der Waals surface area contributed by atoms with E-state index in [-0.39, 0.29) is 5.91 Å². The largest absolute Gasteiger partial charge is 0.353 e. The van der Waals surface area contributed by atoms with Crippen LogP contribution in [0.5, 0.6) is 0 Å². The summed E-state index contributed by atoms with van der Waals surface area (Å²) in [5.41, 5.74) is 2.71. The van der Waals surface area contributed by atoms with Crippen molar-refractivity contribution in [3.63, 3.8) is 0 Å². The zero-order valence-electron chi connectivity index (χ0n) is 15.0. The first-order chi connectivity index (χ1) is 12.8. The number of hydrogen-bond acceptors (Lipinski definition) is 4. The molecule has 3 aromatic rings. The van der Waals surface area contributed by atoms with Crippen molar-refractivity contribution >= 4 is 22.8 Å². The van der Waals surface area contributed by atoms with Crippen LogP contribution in [0.15, 0.2) is 48.9 Å². The normalized spacial score (nSPS) is 14.8. The number of fused-ring (bicyclic) bond motifs is 1. The van der Waals surface area contributed by atoms with Gasteiger partial charge in [-0.2, -0.15) is 0 Å². The number of hydrogen-bond donors (Lipinski definition) is 0. The van der Waals surface area contributed by atoms with Gasteiger partial charge in [0.2, 0.25) is 0 Å². The molecule has 3 heterocycles. The minimum atomic E-state index is 0.0943. The van der Waals surface area contributed by atoms with Crippen molar-refractivity contribution in [2.75, 3.05) is 31.1 Å². The summed E-state index contributed by atoms with van der Waals surface area (Å²) in [7, 11) is 0. The molecule has 1 aliphatic rings. The molecule has 0 aliphatic carbocycles. The van der Waals surface area contributed by atoms with Crippen molar-refractivity contribution in [1.82, 2.24) is 19.4 Å². The van der Waals surface area contributed by atoms with E-state index in [9.17, 15) is 4.79 Å². The van der Waals surface area contributed by atoms with Gasteiger partial charge in [0, 0.05) is 44.5 Å². The van der Waals surface area contributed by atoms with E-state index in [4.69, 9.17) is 0 Å². The third-order valence-corrected chi connectivity index (χ3v) is 4.87. The third-order valence-electron chi connectivity index (χ3n) is 4.87. The molecular weight excluding hydrogens is 326 g/mol. The monoisotopic (exact) mass is 349 g/mol. The molecule has 0 N–H and O–H groups in total. The molecule has 0 spiro atoms. The zero-order chi connectivity index (χ0) is 17.9. The number of imidazole rings is 1. The van der Waals surface area contributed by atoms with Crippen molar-refractivity contribution in [3.8, 4) is 0 Å². The number of anilines is 1. The fraction of sp³-hybridized carbons (Fsp3) is 0.350. The molecular formula is C20H23N5O. The molecule has 1 aliphatic heterocycles. The van der Waals surface area contributed by atoms with Gasteiger partial charge in [-0.25, -0.2) is 9.97 Å². The fourth-order valence-corrected chi connectivity index (χ4v) is 3.47. The number of carbonyl (C=O) groups is 1. The Hall–Kier alpha value is -2.89. The molecule has 2 aromatic heterocycles. The predicted molar refractivity (Wildman–Crippen MR) is 102 cm³/mol. The molecule has 0 atom stereocenters. The summed E-state index contributed by atoms with van der Waals surface area (Å²) in [6.07, 6.45) is 4.70. The number of aromatic nitrogens is 3. The average Bonchev–Trinajstić information content (AvgIpc) is 3.11. The van der Waals surface area contributed by atoms with Gasteiger partial charge in [0.25, 0.3) is 5.91 Å². The minimum Gasteiger partial charge on any atom is -0.353 e. The molecule has 6 nitrogen and oxygen atoms in total. The third kappa shape index (κ3) is 3.14. The van der Waals surface area contributed by atoms with Gasteiger partial charge in [-0.3, -0.25) is 4.79 Å². The van der Waals surface area contributed by atoms with Gasteiger partial charge in [0.05, 0.1) is 17.4 Å². The summed E-state index contributed by atoms with van der Waals surface area (Å²) < 4.78 is 2.12. The summed E-state index contributed by atoms with van der Waals surface area (Å²) in [6, 6.07) is 11.7. The molecule has 134 valence electrons. The van der Waals surface area contributed by atoms with Crippen LogP contribution in [0.25, 0.3) is 11.0 Å². The van der Waals surface area contributed by atoms with E-state index in [1.807, 2.05) is 53.8 Å². The Morgan fingerprint density at radius 2 is 1.92 bits per heavy atom. The minimum absolute atomic E-state index is 0.0943. The number of carbonyl (C=O) groups excluding carboxylic acids is 1. The number of amides is 1. The topological polar surface area (TPSA) is 54.3 Å². The molecule has 0 radical (unpaired) electrons. The number of rotatable bonds is 4. The Kier molecular flexibility index (Phi) is 4.56. The standard InChI is InChI=1S/C20H23N5O/c1-2-9-25-15-22-17-7-6-16(14-18(17)25)20(26)24-12-10-23(11-13-24)19-5-3-4-8-21-19/h3-8,14-15H,2,9-13H2,1H3. The predicted octanol–water partition coefficient (Wildman–Crippen LogP) is 2.80. The van der Waals surface area contributed by atoms with Crippen LogP contribution < -0.4 is 4.90 Å². The molecule has 4 rings (SSSR count). The first-order valence-electron chi connectivity index (χ1n) is 9.16. The Balaban J connectivity index is 1.48. The summed E-state index contributed by atoms with van der Waals surface area (Å²) in [6.45, 7) is 6.08. The van der Waals surface area contributed by atoms with Crippen LogP contribution in [-0.4, -0.2) is 51.5 Å². The first-order valence-corrected chi connectivity index (χ1v) is 9.16. The van der Waals surface area contributed by atoms with E-state index in [1.165, 1.54) is 0 Å². The van der Waals surface area contributed by atoms with Crippen molar-refractivity contribution in [2.45, 2.75) is 19.9 Å². The van der Waals surface area contributed by atoms with Gasteiger partial charge in [0.15, 0.2) is 0 Å². The molecule has 0 unspecified atom stereocenters. The van der Waals surface area contributed by atoms with Gasteiger partial charge < -0.3 is 14.4 Å². The number of piperazine rings is 1. The van der Waals surface area contributed by atoms with Crippen molar-refractivity contribution < 1.29 is 4.79 Å². The van der Waals surface area contributed by atoms with Gasteiger partial charge in [0.1, 0.15) is 5.82 Å². The SMILES string of the molecule is CCCn1cnc2ccc(C(=O)N3CCN(c4ccccn4)CC3)cc21. The van der Waals surface area contributed by atoms with Crippen LogP contribution in [0, 0.1) is 0 Å². The van der Waals surface area contributed by atoms with Crippen molar-refractivity contribution in [1.29, 1.82) is 0 Å². The lowest BCUT2D eigenvalue weighted by Crippen LogP contribution is -2.49. The van der Waals surface area contributed by atoms with Gasteiger partial charge in [-0.15, -0.1) is 0 Å². The van der Waals surface area contributed by atoms with Crippen LogP contribution in [0.3, 0.4) is 0 Å². The summed E-state index contributed by atoms with van der Waals surface area (Å²) in [5.74, 6) is 1.07. The van der Waals surface area contributed by atoms with Crippen LogP contribution in [-0.2, 0) is 6.54 Å². The van der Waals surface area contributed by atoms with Crippen LogP contribution >= 0.6 is 0 Å². The van der Waals surface area contributed by atoms with Gasteiger partial charge >= 0.3 is 0 Å². The van der Waals surface area contributed by atoms with Crippen molar-refractivity contribution in [3.05, 3.63) is 54.5 Å². The maximum Gasteiger partial charge on any atom is 0.254 e. The van der Waals surface area contributed by atoms with E-state index in [0.29, 0.717) is 13.1 Å². The highest BCUT2D eigenvalue weighted by Gasteiger charge is 2.23. The maximum absolute atomic E-state index is 12.9. The van der Waals surface area contributed by atoms with Gasteiger partial charge in [-0.1, -0.05) is 13.0 Å². The quantitative estimate of drug-likeness (QED) is 0.727. The van der Waals surface area contributed by atoms with Crippen LogP contribution in [0.2, 0.25) is 0 Å². The second-order valence-electron chi connectivity index (χ2n) is 6.61. The summed E-state index contributed by atoms with van der Waals surface area (Å²) in [5, 5.41) is 0. The Bertz CT molecular complexity index is 897. The number of nitrogens with zero attached hydrogens (tertiary/aromatic N) is 5. The van der Waals surface area contributed by atoms with Crippen molar-refractivity contribution in [2.24, 2.45) is 0 Å². The van der Waals surface area contributed by atoms with E-state index in [1.54, 1.807) is 0 Å². The lowest BCUT2D eigenvalue weighted by molar-refractivity contribution is 0.0746. The fourth-order valence-electron chi connectivity index (χ4n) is 3.47. The molecule has 0 bridgehead atoms. The second-order valence-corrected chi connectivity index (χ2v) is 6.61. The summed E-state index contributed by atoms with van der Waals surface area (Å²) in [4.78, 5) is 25.9. The molecule has 1 aromatic carbocycles. The van der Waals surface area contributed by atoms with E-state index in [2.05, 4.69) is 26.4 Å². The van der Waals surface area contributed by atoms with Gasteiger partial charge in [-0.05, 0) is 36.8 Å². The van der Waals surface area contributed by atoms with E-state index in [0.717, 1.165) is 48.5 Å². The average molecular weight is 349 g/mol.